The fourth-order valence-electron chi connectivity index (χ4n) is 3.65. The topological polar surface area (TPSA) is 12.0 Å². The van der Waals surface area contributed by atoms with Gasteiger partial charge in [-0.15, -0.1) is 0 Å². The SMILES string of the molecule is CC(C)CC1CCC2CCNCCC21. The Kier molecular flexibility index (Phi) is 3.48. The molecule has 1 aliphatic heterocycles. The summed E-state index contributed by atoms with van der Waals surface area (Å²) in [4.78, 5) is 0. The Morgan fingerprint density at radius 3 is 2.64 bits per heavy atom. The molecule has 3 atom stereocenters. The first kappa shape index (κ1) is 10.5. The Morgan fingerprint density at radius 2 is 1.86 bits per heavy atom. The highest BCUT2D eigenvalue weighted by Gasteiger charge is 2.36. The van der Waals surface area contributed by atoms with Crippen molar-refractivity contribution >= 4 is 0 Å². The molecule has 2 rings (SSSR count). The van der Waals surface area contributed by atoms with Crippen molar-refractivity contribution in [2.75, 3.05) is 13.1 Å². The van der Waals surface area contributed by atoms with Crippen LogP contribution in [0.5, 0.6) is 0 Å². The lowest BCUT2D eigenvalue weighted by atomic mass is 9.82. The third kappa shape index (κ3) is 2.31. The van der Waals surface area contributed by atoms with Gasteiger partial charge in [0.2, 0.25) is 0 Å². The highest BCUT2D eigenvalue weighted by Crippen LogP contribution is 2.44. The van der Waals surface area contributed by atoms with Crippen LogP contribution in [0.1, 0.15) is 46.0 Å². The molecule has 2 fully saturated rings. The van der Waals surface area contributed by atoms with Crippen molar-refractivity contribution in [1.29, 1.82) is 0 Å². The molecule has 82 valence electrons. The van der Waals surface area contributed by atoms with E-state index < -0.39 is 0 Å². The summed E-state index contributed by atoms with van der Waals surface area (Å²) in [6.45, 7) is 7.30. The Balaban J connectivity index is 1.93. The predicted octanol–water partition coefficient (Wildman–Crippen LogP) is 3.06. The van der Waals surface area contributed by atoms with Gasteiger partial charge in [0, 0.05) is 0 Å². The van der Waals surface area contributed by atoms with Gasteiger partial charge >= 0.3 is 0 Å². The van der Waals surface area contributed by atoms with E-state index in [1.54, 1.807) is 0 Å². The molecule has 0 radical (unpaired) electrons. The Labute approximate surface area is 88.7 Å². The van der Waals surface area contributed by atoms with Crippen LogP contribution in [-0.4, -0.2) is 13.1 Å². The maximum absolute atomic E-state index is 3.55. The molecule has 0 spiro atoms. The number of nitrogens with one attached hydrogen (secondary N) is 1. The average molecular weight is 195 g/mol. The van der Waals surface area contributed by atoms with Gasteiger partial charge in [-0.05, 0) is 68.9 Å². The van der Waals surface area contributed by atoms with E-state index in [0.29, 0.717) is 0 Å². The second-order valence-corrected chi connectivity index (χ2v) is 5.72. The highest BCUT2D eigenvalue weighted by atomic mass is 14.9. The van der Waals surface area contributed by atoms with E-state index in [-0.39, 0.29) is 0 Å². The molecule has 1 nitrogen and oxygen atoms in total. The molecule has 0 amide bonds. The summed E-state index contributed by atoms with van der Waals surface area (Å²) in [5.74, 6) is 4.08. The lowest BCUT2D eigenvalue weighted by Crippen LogP contribution is -2.17. The van der Waals surface area contributed by atoms with E-state index in [2.05, 4.69) is 19.2 Å². The van der Waals surface area contributed by atoms with Crippen molar-refractivity contribution in [3.63, 3.8) is 0 Å². The molecule has 0 aromatic rings. The van der Waals surface area contributed by atoms with E-state index >= 15 is 0 Å². The summed E-state index contributed by atoms with van der Waals surface area (Å²) in [6, 6.07) is 0. The first-order chi connectivity index (χ1) is 6.77. The Morgan fingerprint density at radius 1 is 1.07 bits per heavy atom. The van der Waals surface area contributed by atoms with Crippen molar-refractivity contribution in [3.8, 4) is 0 Å². The zero-order valence-corrected chi connectivity index (χ0v) is 9.76. The van der Waals surface area contributed by atoms with Gasteiger partial charge in [-0.2, -0.15) is 0 Å². The summed E-state index contributed by atoms with van der Waals surface area (Å²) in [6.07, 6.45) is 7.40. The molecular weight excluding hydrogens is 170 g/mol. The molecule has 2 aliphatic rings. The highest BCUT2D eigenvalue weighted by molar-refractivity contribution is 4.87. The van der Waals surface area contributed by atoms with Crippen LogP contribution in [-0.2, 0) is 0 Å². The third-order valence-corrected chi connectivity index (χ3v) is 4.24. The molecule has 1 aliphatic carbocycles. The smallest absolute Gasteiger partial charge is 0.00461 e. The molecule has 14 heavy (non-hydrogen) atoms. The van der Waals surface area contributed by atoms with Gasteiger partial charge in [0.1, 0.15) is 0 Å². The lowest BCUT2D eigenvalue weighted by molar-refractivity contribution is 0.267. The van der Waals surface area contributed by atoms with Gasteiger partial charge in [-0.3, -0.25) is 0 Å². The summed E-state index contributed by atoms with van der Waals surface area (Å²) in [5.41, 5.74) is 0. The fourth-order valence-corrected chi connectivity index (χ4v) is 3.65. The zero-order chi connectivity index (χ0) is 9.97. The summed E-state index contributed by atoms with van der Waals surface area (Å²) < 4.78 is 0. The van der Waals surface area contributed by atoms with E-state index in [1.807, 2.05) is 0 Å². The van der Waals surface area contributed by atoms with Crippen molar-refractivity contribution < 1.29 is 0 Å². The number of rotatable bonds is 2. The molecule has 0 aromatic heterocycles. The van der Waals surface area contributed by atoms with E-state index in [0.717, 1.165) is 23.7 Å². The minimum atomic E-state index is 0.898. The zero-order valence-electron chi connectivity index (χ0n) is 9.76. The first-order valence-corrected chi connectivity index (χ1v) is 6.48. The van der Waals surface area contributed by atoms with Gasteiger partial charge in [0.25, 0.3) is 0 Å². The first-order valence-electron chi connectivity index (χ1n) is 6.48. The molecular formula is C13H25N. The largest absolute Gasteiger partial charge is 0.317 e. The standard InChI is InChI=1S/C13H25N/c1-10(2)9-12-4-3-11-5-7-14-8-6-13(11)12/h10-14H,3-9H2,1-2H3. The Hall–Kier alpha value is -0.0400. The van der Waals surface area contributed by atoms with Crippen LogP contribution < -0.4 is 5.32 Å². The minimum absolute atomic E-state index is 0.898. The van der Waals surface area contributed by atoms with Crippen molar-refractivity contribution in [1.82, 2.24) is 5.32 Å². The van der Waals surface area contributed by atoms with Crippen LogP contribution in [0.3, 0.4) is 0 Å². The van der Waals surface area contributed by atoms with E-state index in [4.69, 9.17) is 0 Å². The fraction of sp³-hybridized carbons (Fsp3) is 1.00. The maximum Gasteiger partial charge on any atom is -0.00461 e. The monoisotopic (exact) mass is 195 g/mol. The molecule has 1 saturated heterocycles. The van der Waals surface area contributed by atoms with E-state index in [1.165, 1.54) is 45.2 Å². The second-order valence-electron chi connectivity index (χ2n) is 5.72. The summed E-state index contributed by atoms with van der Waals surface area (Å²) in [5, 5.41) is 3.55. The maximum atomic E-state index is 3.55. The molecule has 1 heteroatoms. The van der Waals surface area contributed by atoms with Crippen molar-refractivity contribution in [2.45, 2.75) is 46.0 Å². The summed E-state index contributed by atoms with van der Waals surface area (Å²) in [7, 11) is 0. The van der Waals surface area contributed by atoms with Gasteiger partial charge < -0.3 is 5.32 Å². The molecule has 1 heterocycles. The minimum Gasteiger partial charge on any atom is -0.317 e. The molecule has 0 aromatic carbocycles. The van der Waals surface area contributed by atoms with Crippen LogP contribution in [0.25, 0.3) is 0 Å². The molecule has 0 bridgehead atoms. The van der Waals surface area contributed by atoms with Crippen molar-refractivity contribution in [3.05, 3.63) is 0 Å². The van der Waals surface area contributed by atoms with Crippen LogP contribution in [0, 0.1) is 23.7 Å². The van der Waals surface area contributed by atoms with E-state index in [9.17, 15) is 0 Å². The van der Waals surface area contributed by atoms with Crippen LogP contribution in [0.2, 0.25) is 0 Å². The number of hydrogen-bond acceptors (Lipinski definition) is 1. The van der Waals surface area contributed by atoms with Gasteiger partial charge in [0.15, 0.2) is 0 Å². The third-order valence-electron chi connectivity index (χ3n) is 4.24. The van der Waals surface area contributed by atoms with Gasteiger partial charge in [0.05, 0.1) is 0 Å². The van der Waals surface area contributed by atoms with Gasteiger partial charge in [-0.25, -0.2) is 0 Å². The normalized spacial score (nSPS) is 38.4. The molecule has 1 saturated carbocycles. The molecule has 1 N–H and O–H groups in total. The predicted molar refractivity (Wildman–Crippen MR) is 61.3 cm³/mol. The summed E-state index contributed by atoms with van der Waals surface area (Å²) >= 11 is 0. The van der Waals surface area contributed by atoms with Crippen LogP contribution >= 0.6 is 0 Å². The number of hydrogen-bond donors (Lipinski definition) is 1. The molecule has 3 unspecified atom stereocenters. The Bertz CT molecular complexity index is 176. The quantitative estimate of drug-likeness (QED) is 0.714. The number of fused-ring (bicyclic) bond motifs is 1. The van der Waals surface area contributed by atoms with Crippen molar-refractivity contribution in [2.24, 2.45) is 23.7 Å². The van der Waals surface area contributed by atoms with Crippen LogP contribution in [0.15, 0.2) is 0 Å². The van der Waals surface area contributed by atoms with Gasteiger partial charge in [-0.1, -0.05) is 13.8 Å². The average Bonchev–Trinajstić information content (AvgIpc) is 2.37. The van der Waals surface area contributed by atoms with Crippen LogP contribution in [0.4, 0.5) is 0 Å². The lowest BCUT2D eigenvalue weighted by Gasteiger charge is -2.23. The second kappa shape index (κ2) is 4.65.